The van der Waals surface area contributed by atoms with Gasteiger partial charge >= 0.3 is 0 Å². The summed E-state index contributed by atoms with van der Waals surface area (Å²) in [6, 6.07) is 10.0. The molecule has 2 heterocycles. The van der Waals surface area contributed by atoms with Gasteiger partial charge in [-0.1, -0.05) is 41.5 Å². The summed E-state index contributed by atoms with van der Waals surface area (Å²) >= 11 is 1.54. The van der Waals surface area contributed by atoms with Gasteiger partial charge in [0.1, 0.15) is 10.7 Å². The van der Waals surface area contributed by atoms with E-state index in [1.54, 1.807) is 22.5 Å². The molecule has 1 aromatic heterocycles. The van der Waals surface area contributed by atoms with Crippen molar-refractivity contribution < 1.29 is 4.79 Å². The fourth-order valence-electron chi connectivity index (χ4n) is 3.00. The Labute approximate surface area is 134 Å². The van der Waals surface area contributed by atoms with Gasteiger partial charge in [-0.05, 0) is 25.7 Å². The predicted octanol–water partition coefficient (Wildman–Crippen LogP) is 4.14. The minimum Gasteiger partial charge on any atom is -0.337 e. The molecular weight excluding hydrogens is 292 g/mol. The van der Waals surface area contributed by atoms with Crippen LogP contribution < -0.4 is 0 Å². The van der Waals surface area contributed by atoms with Crippen LogP contribution >= 0.6 is 11.3 Å². The number of benzene rings is 1. The molecule has 4 heteroatoms. The second-order valence-corrected chi connectivity index (χ2v) is 6.76. The van der Waals surface area contributed by atoms with Gasteiger partial charge in [0, 0.05) is 24.0 Å². The van der Waals surface area contributed by atoms with Crippen LogP contribution in [0.15, 0.2) is 46.9 Å². The summed E-state index contributed by atoms with van der Waals surface area (Å²) in [5.41, 5.74) is 4.91. The molecule has 3 nitrogen and oxygen atoms in total. The number of hydrogen-bond acceptors (Lipinski definition) is 3. The largest absolute Gasteiger partial charge is 0.337 e. The molecule has 4 rings (SSSR count). The van der Waals surface area contributed by atoms with Crippen LogP contribution in [0.1, 0.15) is 36.2 Å². The Hall–Kier alpha value is -1.94. The molecule has 0 bridgehead atoms. The number of thiazole rings is 1. The topological polar surface area (TPSA) is 33.2 Å². The smallest absolute Gasteiger partial charge is 0.273 e. The molecule has 1 saturated heterocycles. The fraction of sp³-hybridized carbons (Fsp3) is 0.333. The Kier molecular flexibility index (Phi) is 3.54. The average Bonchev–Trinajstić information content (AvgIpc) is 3.32. The first-order chi connectivity index (χ1) is 10.8. The molecule has 2 fully saturated rings. The fourth-order valence-corrected chi connectivity index (χ4v) is 3.80. The highest BCUT2D eigenvalue weighted by Gasteiger charge is 2.26. The summed E-state index contributed by atoms with van der Waals surface area (Å²) in [6.07, 6.45) is 4.68. The van der Waals surface area contributed by atoms with Crippen molar-refractivity contribution >= 4 is 17.2 Å². The van der Waals surface area contributed by atoms with Crippen molar-refractivity contribution in [3.8, 4) is 10.6 Å². The maximum Gasteiger partial charge on any atom is 0.273 e. The number of likely N-dealkylation sites (tertiary alicyclic amines) is 1. The van der Waals surface area contributed by atoms with Crippen molar-refractivity contribution in [1.82, 2.24) is 9.88 Å². The highest BCUT2D eigenvalue weighted by molar-refractivity contribution is 7.13. The Morgan fingerprint density at radius 2 is 1.68 bits per heavy atom. The standard InChI is InChI=1S/C18H18N2OS/c21-18(20-10-8-14(9-11-20)13-6-7-13)16-12-22-17(19-16)15-4-2-1-3-5-15/h1-5,12H,6-11H2. The normalized spacial score (nSPS) is 17.7. The molecule has 0 radical (unpaired) electrons. The van der Waals surface area contributed by atoms with Crippen LogP contribution in [0.4, 0.5) is 0 Å². The molecular formula is C18H18N2OS. The van der Waals surface area contributed by atoms with Gasteiger partial charge in [0.2, 0.25) is 0 Å². The number of carbonyl (C=O) groups excluding carboxylic acids is 1. The monoisotopic (exact) mass is 310 g/mol. The Balaban J connectivity index is 1.47. The Morgan fingerprint density at radius 3 is 2.36 bits per heavy atom. The third kappa shape index (κ3) is 2.71. The van der Waals surface area contributed by atoms with Crippen molar-refractivity contribution in [1.29, 1.82) is 0 Å². The summed E-state index contributed by atoms with van der Waals surface area (Å²) in [7, 11) is 0. The minimum atomic E-state index is 0.0817. The quantitative estimate of drug-likeness (QED) is 0.781. The highest BCUT2D eigenvalue weighted by Crippen LogP contribution is 2.36. The van der Waals surface area contributed by atoms with Gasteiger partial charge in [0.25, 0.3) is 5.91 Å². The van der Waals surface area contributed by atoms with Crippen molar-refractivity contribution in [3.05, 3.63) is 52.6 Å². The molecule has 1 aliphatic heterocycles. The number of carbonyl (C=O) groups is 1. The SMILES string of the molecule is O=C(c1csc(-c2ccccc2)n1)N1CCC(=C2CC2)CC1. The van der Waals surface area contributed by atoms with E-state index in [9.17, 15) is 4.79 Å². The number of rotatable bonds is 2. The number of aromatic nitrogens is 1. The Morgan fingerprint density at radius 1 is 1.00 bits per heavy atom. The van der Waals surface area contributed by atoms with Crippen LogP contribution in [0.2, 0.25) is 0 Å². The van der Waals surface area contributed by atoms with Gasteiger partial charge < -0.3 is 4.90 Å². The first kappa shape index (κ1) is 13.7. The van der Waals surface area contributed by atoms with Gasteiger partial charge in [-0.25, -0.2) is 4.98 Å². The number of hydrogen-bond donors (Lipinski definition) is 0. The van der Waals surface area contributed by atoms with Crippen LogP contribution in [0.3, 0.4) is 0 Å². The number of allylic oxidation sites excluding steroid dienone is 1. The molecule has 22 heavy (non-hydrogen) atoms. The molecule has 1 aromatic carbocycles. The maximum atomic E-state index is 12.6. The van der Waals surface area contributed by atoms with Crippen LogP contribution in [0.25, 0.3) is 10.6 Å². The van der Waals surface area contributed by atoms with Crippen LogP contribution in [0.5, 0.6) is 0 Å². The van der Waals surface area contributed by atoms with E-state index in [1.165, 1.54) is 12.8 Å². The molecule has 112 valence electrons. The third-order valence-electron chi connectivity index (χ3n) is 4.40. The molecule has 0 atom stereocenters. The van der Waals surface area contributed by atoms with Gasteiger partial charge in [-0.3, -0.25) is 4.79 Å². The van der Waals surface area contributed by atoms with Crippen molar-refractivity contribution in [3.63, 3.8) is 0 Å². The summed E-state index contributed by atoms with van der Waals surface area (Å²) in [5, 5.41) is 2.81. The molecule has 0 N–H and O–H groups in total. The van der Waals surface area contributed by atoms with Gasteiger partial charge in [0.05, 0.1) is 0 Å². The lowest BCUT2D eigenvalue weighted by atomic mass is 10.0. The number of piperidine rings is 1. The second kappa shape index (κ2) is 5.69. The van der Waals surface area contributed by atoms with Crippen molar-refractivity contribution in [2.24, 2.45) is 0 Å². The van der Waals surface area contributed by atoms with Crippen molar-refractivity contribution in [2.75, 3.05) is 13.1 Å². The molecule has 1 amide bonds. The second-order valence-electron chi connectivity index (χ2n) is 5.90. The summed E-state index contributed by atoms with van der Waals surface area (Å²) < 4.78 is 0. The van der Waals surface area contributed by atoms with Crippen LogP contribution in [0, 0.1) is 0 Å². The zero-order valence-electron chi connectivity index (χ0n) is 12.4. The lowest BCUT2D eigenvalue weighted by molar-refractivity contribution is 0.0738. The molecule has 0 spiro atoms. The molecule has 2 aromatic rings. The van der Waals surface area contributed by atoms with Crippen molar-refractivity contribution in [2.45, 2.75) is 25.7 Å². The van der Waals surface area contributed by atoms with E-state index >= 15 is 0 Å². The zero-order valence-corrected chi connectivity index (χ0v) is 13.2. The summed E-state index contributed by atoms with van der Waals surface area (Å²) in [4.78, 5) is 19.1. The maximum absolute atomic E-state index is 12.6. The van der Waals surface area contributed by atoms with E-state index in [0.717, 1.165) is 36.5 Å². The summed E-state index contributed by atoms with van der Waals surface area (Å²) in [6.45, 7) is 1.69. The molecule has 1 aliphatic carbocycles. The van der Waals surface area contributed by atoms with Gasteiger partial charge in [-0.15, -0.1) is 11.3 Å². The van der Waals surface area contributed by atoms with E-state index in [-0.39, 0.29) is 5.91 Å². The van der Waals surface area contributed by atoms with E-state index in [4.69, 9.17) is 0 Å². The molecule has 0 unspecified atom stereocenters. The van der Waals surface area contributed by atoms with Crippen LogP contribution in [-0.4, -0.2) is 28.9 Å². The molecule has 2 aliphatic rings. The lowest BCUT2D eigenvalue weighted by Crippen LogP contribution is -2.36. The minimum absolute atomic E-state index is 0.0817. The molecule has 1 saturated carbocycles. The Bertz CT molecular complexity index is 717. The first-order valence-electron chi connectivity index (χ1n) is 7.81. The third-order valence-corrected chi connectivity index (χ3v) is 5.29. The summed E-state index contributed by atoms with van der Waals surface area (Å²) in [5.74, 6) is 0.0817. The number of nitrogens with zero attached hydrogens (tertiary/aromatic N) is 2. The average molecular weight is 310 g/mol. The zero-order chi connectivity index (χ0) is 14.9. The van der Waals surface area contributed by atoms with Gasteiger partial charge in [-0.2, -0.15) is 0 Å². The van der Waals surface area contributed by atoms with E-state index in [2.05, 4.69) is 4.98 Å². The van der Waals surface area contributed by atoms with Crippen LogP contribution in [-0.2, 0) is 0 Å². The van der Waals surface area contributed by atoms with E-state index in [1.807, 2.05) is 40.6 Å². The van der Waals surface area contributed by atoms with E-state index < -0.39 is 0 Å². The first-order valence-corrected chi connectivity index (χ1v) is 8.69. The van der Waals surface area contributed by atoms with E-state index in [0.29, 0.717) is 5.69 Å². The van der Waals surface area contributed by atoms with Gasteiger partial charge in [0.15, 0.2) is 0 Å². The highest BCUT2D eigenvalue weighted by atomic mass is 32.1. The number of amides is 1. The lowest BCUT2D eigenvalue weighted by Gasteiger charge is -2.28. The predicted molar refractivity (Wildman–Crippen MR) is 88.9 cm³/mol.